The maximum atomic E-state index is 12.2. The summed E-state index contributed by atoms with van der Waals surface area (Å²) in [5, 5.41) is 3.36. The van der Waals surface area contributed by atoms with Crippen LogP contribution < -0.4 is 5.32 Å². The SMILES string of the molecule is C#CCN(C)S(=O)(=O)c1ccc(CCCNC(C)C)cc1. The van der Waals surface area contributed by atoms with E-state index in [0.717, 1.165) is 24.9 Å². The zero-order valence-electron chi connectivity index (χ0n) is 13.0. The lowest BCUT2D eigenvalue weighted by Gasteiger charge is -2.14. The largest absolute Gasteiger partial charge is 0.315 e. The van der Waals surface area contributed by atoms with Crippen LogP contribution in [0.2, 0.25) is 0 Å². The summed E-state index contributed by atoms with van der Waals surface area (Å²) in [6, 6.07) is 7.52. The zero-order chi connectivity index (χ0) is 15.9. The number of aryl methyl sites for hydroxylation is 1. The number of nitrogens with zero attached hydrogens (tertiary/aromatic N) is 1. The van der Waals surface area contributed by atoms with Crippen molar-refractivity contribution in [3.63, 3.8) is 0 Å². The molecule has 0 spiro atoms. The van der Waals surface area contributed by atoms with Gasteiger partial charge in [-0.05, 0) is 37.1 Å². The summed E-state index contributed by atoms with van der Waals surface area (Å²) in [6.07, 6.45) is 7.12. The molecule has 0 amide bonds. The van der Waals surface area contributed by atoms with Crippen LogP contribution in [0.1, 0.15) is 25.8 Å². The van der Waals surface area contributed by atoms with E-state index in [1.165, 1.54) is 11.4 Å². The fourth-order valence-corrected chi connectivity index (χ4v) is 2.99. The first kappa shape index (κ1) is 17.7. The van der Waals surface area contributed by atoms with Crippen LogP contribution in [0, 0.1) is 12.3 Å². The highest BCUT2D eigenvalue weighted by molar-refractivity contribution is 7.89. The van der Waals surface area contributed by atoms with Crippen molar-refractivity contribution in [1.29, 1.82) is 0 Å². The maximum absolute atomic E-state index is 12.2. The molecule has 0 aliphatic rings. The van der Waals surface area contributed by atoms with Crippen LogP contribution in [0.4, 0.5) is 0 Å². The van der Waals surface area contributed by atoms with Gasteiger partial charge < -0.3 is 5.32 Å². The van der Waals surface area contributed by atoms with Crippen molar-refractivity contribution in [3.05, 3.63) is 29.8 Å². The van der Waals surface area contributed by atoms with Crippen molar-refractivity contribution in [2.75, 3.05) is 20.1 Å². The van der Waals surface area contributed by atoms with Gasteiger partial charge in [-0.1, -0.05) is 31.9 Å². The number of benzene rings is 1. The molecule has 0 unspecified atom stereocenters. The minimum absolute atomic E-state index is 0.0744. The molecule has 0 fully saturated rings. The van der Waals surface area contributed by atoms with Gasteiger partial charge in [0.2, 0.25) is 10.0 Å². The van der Waals surface area contributed by atoms with Crippen molar-refractivity contribution in [3.8, 4) is 12.3 Å². The van der Waals surface area contributed by atoms with Crippen LogP contribution >= 0.6 is 0 Å². The molecule has 1 aromatic carbocycles. The summed E-state index contributed by atoms with van der Waals surface area (Å²) >= 11 is 0. The minimum Gasteiger partial charge on any atom is -0.315 e. The third kappa shape index (κ3) is 5.50. The Morgan fingerprint density at radius 3 is 2.43 bits per heavy atom. The zero-order valence-corrected chi connectivity index (χ0v) is 13.8. The smallest absolute Gasteiger partial charge is 0.243 e. The molecule has 4 nitrogen and oxygen atoms in total. The number of rotatable bonds is 8. The average molecular weight is 308 g/mol. The lowest BCUT2D eigenvalue weighted by molar-refractivity contribution is 0.503. The summed E-state index contributed by atoms with van der Waals surface area (Å²) in [4.78, 5) is 0.282. The molecule has 1 aromatic rings. The molecular formula is C16H24N2O2S. The molecule has 1 N–H and O–H groups in total. The second kappa shape index (κ2) is 8.18. The van der Waals surface area contributed by atoms with E-state index in [1.807, 2.05) is 12.1 Å². The van der Waals surface area contributed by atoms with Gasteiger partial charge in [-0.25, -0.2) is 8.42 Å². The van der Waals surface area contributed by atoms with Crippen LogP contribution in [0.3, 0.4) is 0 Å². The Hall–Kier alpha value is -1.35. The summed E-state index contributed by atoms with van der Waals surface area (Å²) in [5.74, 6) is 2.34. The third-order valence-corrected chi connectivity index (χ3v) is 4.96. The number of hydrogen-bond donors (Lipinski definition) is 1. The molecule has 0 saturated carbocycles. The predicted molar refractivity (Wildman–Crippen MR) is 86.6 cm³/mol. The van der Waals surface area contributed by atoms with Crippen LogP contribution in [0.25, 0.3) is 0 Å². The fraction of sp³-hybridized carbons (Fsp3) is 0.500. The molecule has 0 aliphatic carbocycles. The van der Waals surface area contributed by atoms with Crippen LogP contribution in [0.15, 0.2) is 29.2 Å². The van der Waals surface area contributed by atoms with Crippen molar-refractivity contribution in [2.24, 2.45) is 0 Å². The molecule has 0 aromatic heterocycles. The Labute approximate surface area is 128 Å². The molecular weight excluding hydrogens is 284 g/mol. The predicted octanol–water partition coefficient (Wildman–Crippen LogP) is 1.87. The van der Waals surface area contributed by atoms with Crippen LogP contribution in [-0.2, 0) is 16.4 Å². The van der Waals surface area contributed by atoms with E-state index in [4.69, 9.17) is 6.42 Å². The molecule has 0 heterocycles. The maximum Gasteiger partial charge on any atom is 0.243 e. The molecule has 0 aliphatic heterocycles. The summed E-state index contributed by atoms with van der Waals surface area (Å²) in [7, 11) is -1.99. The molecule has 5 heteroatoms. The van der Waals surface area contributed by atoms with Gasteiger partial charge in [0.15, 0.2) is 0 Å². The quantitative estimate of drug-likeness (QED) is 0.589. The third-order valence-electron chi connectivity index (χ3n) is 3.14. The number of nitrogens with one attached hydrogen (secondary N) is 1. The van der Waals surface area contributed by atoms with E-state index in [2.05, 4.69) is 25.1 Å². The highest BCUT2D eigenvalue weighted by atomic mass is 32.2. The second-order valence-electron chi connectivity index (χ2n) is 5.32. The monoisotopic (exact) mass is 308 g/mol. The van der Waals surface area contributed by atoms with Crippen molar-refractivity contribution in [1.82, 2.24) is 9.62 Å². The lowest BCUT2D eigenvalue weighted by atomic mass is 10.1. The van der Waals surface area contributed by atoms with Gasteiger partial charge in [-0.3, -0.25) is 0 Å². The number of sulfonamides is 1. The van der Waals surface area contributed by atoms with Gasteiger partial charge in [0, 0.05) is 13.1 Å². The van der Waals surface area contributed by atoms with E-state index >= 15 is 0 Å². The normalized spacial score (nSPS) is 11.8. The molecule has 116 valence electrons. The van der Waals surface area contributed by atoms with Gasteiger partial charge >= 0.3 is 0 Å². The van der Waals surface area contributed by atoms with Gasteiger partial charge in [-0.15, -0.1) is 6.42 Å². The van der Waals surface area contributed by atoms with Gasteiger partial charge in [0.1, 0.15) is 0 Å². The topological polar surface area (TPSA) is 49.4 Å². The van der Waals surface area contributed by atoms with Crippen LogP contribution in [0.5, 0.6) is 0 Å². The Bertz CT molecular complexity index is 571. The van der Waals surface area contributed by atoms with Gasteiger partial charge in [0.25, 0.3) is 0 Å². The first-order valence-corrected chi connectivity index (χ1v) is 8.54. The van der Waals surface area contributed by atoms with Crippen LogP contribution in [-0.4, -0.2) is 38.9 Å². The van der Waals surface area contributed by atoms with Crippen molar-refractivity contribution >= 4 is 10.0 Å². The molecule has 0 bridgehead atoms. The first-order valence-electron chi connectivity index (χ1n) is 7.10. The van der Waals surface area contributed by atoms with E-state index in [1.54, 1.807) is 12.1 Å². The lowest BCUT2D eigenvalue weighted by Crippen LogP contribution is -2.27. The minimum atomic E-state index is -3.48. The van der Waals surface area contributed by atoms with E-state index in [0.29, 0.717) is 6.04 Å². The molecule has 1 rings (SSSR count). The second-order valence-corrected chi connectivity index (χ2v) is 7.37. The number of terminal acetylenes is 1. The molecule has 0 atom stereocenters. The average Bonchev–Trinajstić information content (AvgIpc) is 2.44. The Morgan fingerprint density at radius 1 is 1.29 bits per heavy atom. The highest BCUT2D eigenvalue weighted by Crippen LogP contribution is 2.15. The van der Waals surface area contributed by atoms with Gasteiger partial charge in [0.05, 0.1) is 11.4 Å². The first-order chi connectivity index (χ1) is 9.87. The number of hydrogen-bond acceptors (Lipinski definition) is 3. The summed E-state index contributed by atoms with van der Waals surface area (Å²) in [6.45, 7) is 5.27. The summed E-state index contributed by atoms with van der Waals surface area (Å²) in [5.41, 5.74) is 1.14. The molecule has 21 heavy (non-hydrogen) atoms. The van der Waals surface area contributed by atoms with E-state index in [9.17, 15) is 8.42 Å². The molecule has 0 radical (unpaired) electrons. The Balaban J connectivity index is 2.64. The van der Waals surface area contributed by atoms with E-state index < -0.39 is 10.0 Å². The Morgan fingerprint density at radius 2 is 1.90 bits per heavy atom. The standard InChI is InChI=1S/C16H24N2O2S/c1-5-13-18(4)21(19,20)16-10-8-15(9-11-16)7-6-12-17-14(2)3/h1,8-11,14,17H,6-7,12-13H2,2-4H3. The van der Waals surface area contributed by atoms with Gasteiger partial charge in [-0.2, -0.15) is 4.31 Å². The summed E-state index contributed by atoms with van der Waals surface area (Å²) < 4.78 is 25.6. The van der Waals surface area contributed by atoms with E-state index in [-0.39, 0.29) is 11.4 Å². The van der Waals surface area contributed by atoms with Crippen molar-refractivity contribution in [2.45, 2.75) is 37.6 Å². The molecule has 0 saturated heterocycles. The fourth-order valence-electron chi connectivity index (χ4n) is 1.90. The van der Waals surface area contributed by atoms with Crippen molar-refractivity contribution < 1.29 is 8.42 Å². The highest BCUT2D eigenvalue weighted by Gasteiger charge is 2.19. The Kier molecular flexibility index (Phi) is 6.90.